The Hall–Kier alpha value is -2.01. The van der Waals surface area contributed by atoms with Crippen LogP contribution in [0.3, 0.4) is 0 Å². The van der Waals surface area contributed by atoms with E-state index in [0.29, 0.717) is 0 Å². The maximum Gasteiger partial charge on any atom is 0.421 e. The van der Waals surface area contributed by atoms with Crippen molar-refractivity contribution in [3.8, 4) is 0 Å². The van der Waals surface area contributed by atoms with Gasteiger partial charge in [-0.05, 0) is 0 Å². The molecule has 0 saturated heterocycles. The third-order valence-electron chi connectivity index (χ3n) is 2.67. The van der Waals surface area contributed by atoms with Crippen molar-refractivity contribution < 1.29 is 48.3 Å². The third-order valence-corrected chi connectivity index (χ3v) is 2.67. The summed E-state index contributed by atoms with van der Waals surface area (Å²) in [7, 11) is 0. The Morgan fingerprint density at radius 3 is 1.68 bits per heavy atom. The molecule has 2 aliphatic heterocycles. The summed E-state index contributed by atoms with van der Waals surface area (Å²) in [6.07, 6.45) is -6.00. The van der Waals surface area contributed by atoms with Crippen LogP contribution in [-0.2, 0) is 0 Å². The summed E-state index contributed by atoms with van der Waals surface area (Å²) in [6.45, 7) is 0. The van der Waals surface area contributed by atoms with Crippen LogP contribution in [0.25, 0.3) is 0 Å². The molecule has 12 heteroatoms. The maximum atomic E-state index is 13.4. The first kappa shape index (κ1) is 16.4. The van der Waals surface area contributed by atoms with Crippen molar-refractivity contribution in [3.63, 3.8) is 0 Å². The molecular formula is C10F11N. The minimum atomic E-state index is -6.00. The lowest BCUT2D eigenvalue weighted by Gasteiger charge is -2.37. The highest BCUT2D eigenvalue weighted by molar-refractivity contribution is 5.54. The Kier molecular flexibility index (Phi) is 3.34. The van der Waals surface area contributed by atoms with Crippen molar-refractivity contribution in [3.05, 3.63) is 46.4 Å². The van der Waals surface area contributed by atoms with Crippen LogP contribution in [0.2, 0.25) is 0 Å². The Labute approximate surface area is 113 Å². The van der Waals surface area contributed by atoms with E-state index in [1.165, 1.54) is 0 Å². The number of fused-ring (bicyclic) bond motifs is 1. The molecule has 0 spiro atoms. The summed E-state index contributed by atoms with van der Waals surface area (Å²) < 4.78 is 143. The maximum absolute atomic E-state index is 13.4. The molecule has 0 radical (unpaired) electrons. The molecule has 2 heterocycles. The largest absolute Gasteiger partial charge is 0.421 e. The average Bonchev–Trinajstić information content (AvgIpc) is 2.38. The molecule has 0 saturated carbocycles. The normalized spacial score (nSPS) is 22.8. The Morgan fingerprint density at radius 1 is 0.727 bits per heavy atom. The van der Waals surface area contributed by atoms with Crippen LogP contribution in [0.15, 0.2) is 46.4 Å². The average molecular weight is 343 g/mol. The van der Waals surface area contributed by atoms with Crippen LogP contribution in [0.4, 0.5) is 48.3 Å². The van der Waals surface area contributed by atoms with E-state index in [4.69, 9.17) is 0 Å². The molecule has 122 valence electrons. The van der Waals surface area contributed by atoms with Gasteiger partial charge in [-0.3, -0.25) is 0 Å². The van der Waals surface area contributed by atoms with E-state index in [2.05, 4.69) is 0 Å². The van der Waals surface area contributed by atoms with E-state index in [-0.39, 0.29) is 0 Å². The zero-order valence-electron chi connectivity index (χ0n) is 9.60. The van der Waals surface area contributed by atoms with E-state index in [1.807, 2.05) is 0 Å². The molecular weight excluding hydrogens is 343 g/mol. The van der Waals surface area contributed by atoms with Gasteiger partial charge in [-0.2, -0.15) is 35.1 Å². The first-order chi connectivity index (χ1) is 9.83. The minimum absolute atomic E-state index is 1.73. The summed E-state index contributed by atoms with van der Waals surface area (Å²) in [6, 6.07) is -5.53. The fourth-order valence-corrected chi connectivity index (χ4v) is 1.77. The highest BCUT2D eigenvalue weighted by atomic mass is 19.4. The SMILES string of the molecule is FC1=C(F)C2=C(C(F)(F)F)C(F)=C(F)C(F)(F)N2C(F)=C1F. The van der Waals surface area contributed by atoms with Gasteiger partial charge in [0.05, 0.1) is 0 Å². The number of alkyl halides is 5. The van der Waals surface area contributed by atoms with E-state index in [1.54, 1.807) is 0 Å². The van der Waals surface area contributed by atoms with Crippen LogP contribution in [0, 0.1) is 0 Å². The summed E-state index contributed by atoms with van der Waals surface area (Å²) in [4.78, 5) is -1.73. The molecule has 0 fully saturated rings. The molecule has 0 bridgehead atoms. The summed E-state index contributed by atoms with van der Waals surface area (Å²) >= 11 is 0. The van der Waals surface area contributed by atoms with Gasteiger partial charge < -0.3 is 0 Å². The molecule has 0 amide bonds. The number of hydrogen-bond donors (Lipinski definition) is 0. The van der Waals surface area contributed by atoms with Gasteiger partial charge in [-0.15, -0.1) is 0 Å². The standard InChI is InChI=1S/C10F11N/c11-2-1(9(17,18)19)6-4(13)3(12)5(14)8(16)22(6)10(20,21)7(2)15. The highest BCUT2D eigenvalue weighted by Gasteiger charge is 2.60. The fraction of sp³-hybridized carbons (Fsp3) is 0.200. The fourth-order valence-electron chi connectivity index (χ4n) is 1.77. The Bertz CT molecular complexity index is 675. The monoisotopic (exact) mass is 343 g/mol. The van der Waals surface area contributed by atoms with E-state index in [0.717, 1.165) is 0 Å². The summed E-state index contributed by atoms with van der Waals surface area (Å²) in [5, 5.41) is 0. The molecule has 0 aliphatic carbocycles. The second-order valence-corrected chi connectivity index (χ2v) is 3.96. The summed E-state index contributed by atoms with van der Waals surface area (Å²) in [5.41, 5.74) is -5.74. The van der Waals surface area contributed by atoms with Crippen molar-refractivity contribution in [2.24, 2.45) is 0 Å². The number of hydrogen-bond acceptors (Lipinski definition) is 1. The smallest absolute Gasteiger partial charge is 0.245 e. The zero-order valence-corrected chi connectivity index (χ0v) is 9.60. The van der Waals surface area contributed by atoms with Crippen LogP contribution < -0.4 is 0 Å². The second-order valence-electron chi connectivity index (χ2n) is 3.96. The summed E-state index contributed by atoms with van der Waals surface area (Å²) in [5.74, 6) is -18.5. The van der Waals surface area contributed by atoms with Gasteiger partial charge in [0, 0.05) is 0 Å². The molecule has 0 aromatic rings. The van der Waals surface area contributed by atoms with Gasteiger partial charge in [0.25, 0.3) is 0 Å². The zero-order chi connectivity index (χ0) is 17.2. The van der Waals surface area contributed by atoms with E-state index in [9.17, 15) is 48.3 Å². The molecule has 1 nitrogen and oxygen atoms in total. The van der Waals surface area contributed by atoms with Gasteiger partial charge >= 0.3 is 12.2 Å². The molecule has 2 aliphatic rings. The Balaban J connectivity index is 2.97. The molecule has 0 aromatic heterocycles. The van der Waals surface area contributed by atoms with Crippen LogP contribution >= 0.6 is 0 Å². The number of nitrogens with zero attached hydrogens (tertiary/aromatic N) is 1. The van der Waals surface area contributed by atoms with Crippen molar-refractivity contribution in [2.45, 2.75) is 12.2 Å². The quantitative estimate of drug-likeness (QED) is 0.435. The van der Waals surface area contributed by atoms with Crippen LogP contribution in [-0.4, -0.2) is 17.1 Å². The first-order valence-electron chi connectivity index (χ1n) is 5.00. The van der Waals surface area contributed by atoms with Gasteiger partial charge in [-0.1, -0.05) is 0 Å². The first-order valence-corrected chi connectivity index (χ1v) is 5.00. The van der Waals surface area contributed by atoms with Crippen LogP contribution in [0.5, 0.6) is 0 Å². The minimum Gasteiger partial charge on any atom is -0.245 e. The van der Waals surface area contributed by atoms with Gasteiger partial charge in [0.15, 0.2) is 11.7 Å². The predicted molar refractivity (Wildman–Crippen MR) is 47.6 cm³/mol. The molecule has 0 N–H and O–H groups in total. The van der Waals surface area contributed by atoms with Crippen molar-refractivity contribution in [1.29, 1.82) is 0 Å². The predicted octanol–water partition coefficient (Wildman–Crippen LogP) is 5.13. The van der Waals surface area contributed by atoms with Crippen molar-refractivity contribution in [1.82, 2.24) is 4.90 Å². The third kappa shape index (κ3) is 1.92. The van der Waals surface area contributed by atoms with E-state index >= 15 is 0 Å². The van der Waals surface area contributed by atoms with E-state index < -0.39 is 63.5 Å². The lowest BCUT2D eigenvalue weighted by Crippen LogP contribution is -2.46. The van der Waals surface area contributed by atoms with Crippen molar-refractivity contribution in [2.75, 3.05) is 0 Å². The van der Waals surface area contributed by atoms with Gasteiger partial charge in [-0.25, -0.2) is 18.1 Å². The van der Waals surface area contributed by atoms with Crippen molar-refractivity contribution >= 4 is 0 Å². The number of halogens is 11. The van der Waals surface area contributed by atoms with Gasteiger partial charge in [0.1, 0.15) is 11.3 Å². The number of rotatable bonds is 0. The lowest BCUT2D eigenvalue weighted by molar-refractivity contribution is -0.128. The second kappa shape index (κ2) is 4.49. The molecule has 0 aromatic carbocycles. The molecule has 0 unspecified atom stereocenters. The topological polar surface area (TPSA) is 3.24 Å². The Morgan fingerprint density at radius 2 is 1.23 bits per heavy atom. The lowest BCUT2D eigenvalue weighted by atomic mass is 10.0. The number of allylic oxidation sites excluding steroid dienone is 5. The van der Waals surface area contributed by atoms with Gasteiger partial charge in [0.2, 0.25) is 23.4 Å². The molecule has 0 atom stereocenters. The highest BCUT2D eigenvalue weighted by Crippen LogP contribution is 2.54. The molecule has 22 heavy (non-hydrogen) atoms. The van der Waals surface area contributed by atoms with Crippen LogP contribution in [0.1, 0.15) is 0 Å². The molecule has 2 rings (SSSR count).